The molecule has 8 heteroatoms. The molecule has 0 fully saturated rings. The summed E-state index contributed by atoms with van der Waals surface area (Å²) in [5.41, 5.74) is 2.43. The van der Waals surface area contributed by atoms with Gasteiger partial charge in [0.25, 0.3) is 0 Å². The quantitative estimate of drug-likeness (QED) is 0.850. The van der Waals surface area contributed by atoms with Crippen LogP contribution in [0.2, 0.25) is 10.0 Å². The maximum absolute atomic E-state index is 12.7. The number of rotatable bonds is 3. The SMILES string of the molecule is CCN(C)c1nc(C)nc2c1CN(C(=O)Nc1c(Cl)cccc1Cl)CC2. The Bertz CT molecular complexity index is 822. The first-order valence-electron chi connectivity index (χ1n) is 8.48. The van der Waals surface area contributed by atoms with Gasteiger partial charge in [-0.25, -0.2) is 14.8 Å². The Hall–Kier alpha value is -2.05. The third kappa shape index (κ3) is 3.71. The lowest BCUT2D eigenvalue weighted by Gasteiger charge is -2.31. The largest absolute Gasteiger partial charge is 0.360 e. The van der Waals surface area contributed by atoms with Crippen LogP contribution in [0.1, 0.15) is 24.0 Å². The van der Waals surface area contributed by atoms with Gasteiger partial charge >= 0.3 is 6.03 Å². The fourth-order valence-electron chi connectivity index (χ4n) is 2.96. The normalized spacial score (nSPS) is 13.3. The number of para-hydroxylation sites is 1. The molecule has 2 amide bonds. The average Bonchev–Trinajstić information content (AvgIpc) is 2.63. The summed E-state index contributed by atoms with van der Waals surface area (Å²) >= 11 is 12.3. The van der Waals surface area contributed by atoms with E-state index in [0.717, 1.165) is 29.4 Å². The number of nitrogens with one attached hydrogen (secondary N) is 1. The number of nitrogens with zero attached hydrogens (tertiary/aromatic N) is 4. The van der Waals surface area contributed by atoms with Crippen molar-refractivity contribution in [3.8, 4) is 0 Å². The van der Waals surface area contributed by atoms with Crippen molar-refractivity contribution < 1.29 is 4.79 Å². The molecule has 1 N–H and O–H groups in total. The highest BCUT2D eigenvalue weighted by atomic mass is 35.5. The minimum atomic E-state index is -0.240. The smallest absolute Gasteiger partial charge is 0.322 e. The number of anilines is 2. The summed E-state index contributed by atoms with van der Waals surface area (Å²) in [6, 6.07) is 4.89. The molecule has 0 spiro atoms. The lowest BCUT2D eigenvalue weighted by molar-refractivity contribution is 0.206. The van der Waals surface area contributed by atoms with Crippen LogP contribution in [0.3, 0.4) is 0 Å². The van der Waals surface area contributed by atoms with E-state index in [1.165, 1.54) is 0 Å². The first-order chi connectivity index (χ1) is 12.4. The zero-order chi connectivity index (χ0) is 18.8. The summed E-state index contributed by atoms with van der Waals surface area (Å²) in [4.78, 5) is 25.7. The van der Waals surface area contributed by atoms with Crippen LogP contribution in [0.15, 0.2) is 18.2 Å². The number of carbonyl (C=O) groups is 1. The molecule has 2 aromatic rings. The number of aryl methyl sites for hydroxylation is 1. The van der Waals surface area contributed by atoms with Crippen molar-refractivity contribution in [2.75, 3.05) is 30.4 Å². The van der Waals surface area contributed by atoms with Crippen molar-refractivity contribution in [1.29, 1.82) is 0 Å². The Morgan fingerprint density at radius 1 is 1.31 bits per heavy atom. The number of halogens is 2. The van der Waals surface area contributed by atoms with Crippen LogP contribution in [-0.2, 0) is 13.0 Å². The zero-order valence-corrected chi connectivity index (χ0v) is 16.5. The lowest BCUT2D eigenvalue weighted by atomic mass is 10.1. The van der Waals surface area contributed by atoms with Crippen LogP contribution in [0, 0.1) is 6.92 Å². The Morgan fingerprint density at radius 2 is 2.00 bits per heavy atom. The van der Waals surface area contributed by atoms with E-state index in [0.29, 0.717) is 35.2 Å². The fourth-order valence-corrected chi connectivity index (χ4v) is 3.45. The number of hydrogen-bond donors (Lipinski definition) is 1. The second-order valence-electron chi connectivity index (χ2n) is 6.23. The number of urea groups is 1. The maximum atomic E-state index is 12.7. The van der Waals surface area contributed by atoms with Crippen LogP contribution < -0.4 is 10.2 Å². The van der Waals surface area contributed by atoms with Crippen LogP contribution in [0.5, 0.6) is 0 Å². The molecule has 0 radical (unpaired) electrons. The number of benzene rings is 1. The molecular formula is C18H21Cl2N5O. The molecule has 0 saturated heterocycles. The van der Waals surface area contributed by atoms with Gasteiger partial charge in [0, 0.05) is 32.1 Å². The molecule has 138 valence electrons. The van der Waals surface area contributed by atoms with Crippen molar-refractivity contribution in [2.45, 2.75) is 26.8 Å². The van der Waals surface area contributed by atoms with Gasteiger partial charge in [-0.2, -0.15) is 0 Å². The van der Waals surface area contributed by atoms with E-state index in [4.69, 9.17) is 23.2 Å². The molecule has 1 aliphatic heterocycles. The second-order valence-corrected chi connectivity index (χ2v) is 7.05. The molecule has 1 aliphatic rings. The summed E-state index contributed by atoms with van der Waals surface area (Å²) in [6.45, 7) is 5.81. The number of aromatic nitrogens is 2. The standard InChI is InChI=1S/C18H21Cl2N5O/c1-4-24(3)17-12-10-25(9-8-15(12)21-11(2)22-17)18(26)23-16-13(19)6-5-7-14(16)20/h5-7H,4,8-10H2,1-3H3,(H,23,26). The summed E-state index contributed by atoms with van der Waals surface area (Å²) in [5, 5.41) is 3.64. The third-order valence-electron chi connectivity index (χ3n) is 4.47. The van der Waals surface area contributed by atoms with E-state index in [1.807, 2.05) is 14.0 Å². The molecule has 2 heterocycles. The minimum absolute atomic E-state index is 0.240. The molecule has 0 bridgehead atoms. The predicted molar refractivity (Wildman–Crippen MR) is 105 cm³/mol. The topological polar surface area (TPSA) is 61.4 Å². The van der Waals surface area contributed by atoms with Gasteiger partial charge in [-0.15, -0.1) is 0 Å². The number of carbonyl (C=O) groups excluding carboxylic acids is 1. The van der Waals surface area contributed by atoms with Gasteiger partial charge in [-0.05, 0) is 26.0 Å². The molecular weight excluding hydrogens is 373 g/mol. The van der Waals surface area contributed by atoms with Crippen molar-refractivity contribution in [3.05, 3.63) is 45.3 Å². The van der Waals surface area contributed by atoms with Crippen LogP contribution in [0.4, 0.5) is 16.3 Å². The van der Waals surface area contributed by atoms with Crippen LogP contribution >= 0.6 is 23.2 Å². The third-order valence-corrected chi connectivity index (χ3v) is 5.10. The Balaban J connectivity index is 1.85. The minimum Gasteiger partial charge on any atom is -0.360 e. The molecule has 6 nitrogen and oxygen atoms in total. The molecule has 0 saturated carbocycles. The number of fused-ring (bicyclic) bond motifs is 1. The van der Waals surface area contributed by atoms with Crippen molar-refractivity contribution in [1.82, 2.24) is 14.9 Å². The average molecular weight is 394 g/mol. The Morgan fingerprint density at radius 3 is 2.65 bits per heavy atom. The predicted octanol–water partition coefficient (Wildman–Crippen LogP) is 4.14. The summed E-state index contributed by atoms with van der Waals surface area (Å²) in [6.07, 6.45) is 0.687. The molecule has 0 atom stereocenters. The van der Waals surface area contributed by atoms with Gasteiger partial charge in [0.1, 0.15) is 11.6 Å². The first-order valence-corrected chi connectivity index (χ1v) is 9.23. The summed E-state index contributed by atoms with van der Waals surface area (Å²) in [7, 11) is 1.99. The van der Waals surface area contributed by atoms with Crippen LogP contribution in [0.25, 0.3) is 0 Å². The van der Waals surface area contributed by atoms with E-state index in [2.05, 4.69) is 27.1 Å². The van der Waals surface area contributed by atoms with Gasteiger partial charge in [-0.1, -0.05) is 29.3 Å². The Kier molecular flexibility index (Phi) is 5.53. The fraction of sp³-hybridized carbons (Fsp3) is 0.389. The molecule has 0 aliphatic carbocycles. The number of amides is 2. The van der Waals surface area contributed by atoms with Crippen molar-refractivity contribution >= 4 is 40.7 Å². The van der Waals surface area contributed by atoms with Gasteiger partial charge in [-0.3, -0.25) is 0 Å². The summed E-state index contributed by atoms with van der Waals surface area (Å²) in [5.74, 6) is 1.63. The lowest BCUT2D eigenvalue weighted by Crippen LogP contribution is -2.40. The summed E-state index contributed by atoms with van der Waals surface area (Å²) < 4.78 is 0. The highest BCUT2D eigenvalue weighted by Gasteiger charge is 2.26. The van der Waals surface area contributed by atoms with Crippen molar-refractivity contribution in [2.24, 2.45) is 0 Å². The van der Waals surface area contributed by atoms with Crippen LogP contribution in [-0.4, -0.2) is 41.0 Å². The Labute approximate surface area is 163 Å². The highest BCUT2D eigenvalue weighted by molar-refractivity contribution is 6.39. The first kappa shape index (κ1) is 18.7. The molecule has 26 heavy (non-hydrogen) atoms. The van der Waals surface area contributed by atoms with E-state index in [1.54, 1.807) is 23.1 Å². The van der Waals surface area contributed by atoms with Gasteiger partial charge in [0.15, 0.2) is 0 Å². The molecule has 1 aromatic carbocycles. The molecule has 0 unspecified atom stereocenters. The van der Waals surface area contributed by atoms with E-state index in [9.17, 15) is 4.79 Å². The van der Waals surface area contributed by atoms with E-state index >= 15 is 0 Å². The zero-order valence-electron chi connectivity index (χ0n) is 15.0. The maximum Gasteiger partial charge on any atom is 0.322 e. The monoisotopic (exact) mass is 393 g/mol. The van der Waals surface area contributed by atoms with Gasteiger partial charge in [0.05, 0.1) is 28.0 Å². The molecule has 3 rings (SSSR count). The van der Waals surface area contributed by atoms with E-state index in [-0.39, 0.29) is 6.03 Å². The van der Waals surface area contributed by atoms with Gasteiger partial charge in [0.2, 0.25) is 0 Å². The highest BCUT2D eigenvalue weighted by Crippen LogP contribution is 2.31. The molecule has 1 aromatic heterocycles. The number of hydrogen-bond acceptors (Lipinski definition) is 4. The van der Waals surface area contributed by atoms with E-state index < -0.39 is 0 Å². The van der Waals surface area contributed by atoms with Gasteiger partial charge < -0.3 is 15.1 Å². The second kappa shape index (κ2) is 7.68. The van der Waals surface area contributed by atoms with Crippen molar-refractivity contribution in [3.63, 3.8) is 0 Å².